The molecular formula is C23H27N5O4. The maximum absolute atomic E-state index is 11.3. The van der Waals surface area contributed by atoms with E-state index in [9.17, 15) is 10.1 Å². The Morgan fingerprint density at radius 1 is 0.969 bits per heavy atom. The molecule has 0 spiro atoms. The van der Waals surface area contributed by atoms with E-state index in [1.54, 1.807) is 18.5 Å². The predicted octanol–water partition coefficient (Wildman–Crippen LogP) is 3.32. The number of non-ortho nitro benzene ring substituents is 1. The number of fused-ring (bicyclic) bond motifs is 2. The molecule has 1 saturated heterocycles. The molecule has 2 aliphatic rings. The van der Waals surface area contributed by atoms with Gasteiger partial charge in [0.2, 0.25) is 0 Å². The fourth-order valence-corrected chi connectivity index (χ4v) is 4.50. The molecule has 9 heteroatoms. The van der Waals surface area contributed by atoms with Crippen LogP contribution in [0.2, 0.25) is 0 Å². The van der Waals surface area contributed by atoms with E-state index < -0.39 is 0 Å². The molecule has 32 heavy (non-hydrogen) atoms. The van der Waals surface area contributed by atoms with E-state index >= 15 is 0 Å². The average molecular weight is 438 g/mol. The summed E-state index contributed by atoms with van der Waals surface area (Å²) in [6.45, 7) is 6.99. The van der Waals surface area contributed by atoms with Gasteiger partial charge in [0.25, 0.3) is 5.69 Å². The van der Waals surface area contributed by atoms with Gasteiger partial charge in [0, 0.05) is 50.5 Å². The topological polar surface area (TPSA) is 85.9 Å². The number of hydrogen-bond donors (Lipinski definition) is 0. The maximum Gasteiger partial charge on any atom is 0.295 e. The average Bonchev–Trinajstić information content (AvgIpc) is 3.25. The number of rotatable bonds is 7. The summed E-state index contributed by atoms with van der Waals surface area (Å²) in [5.41, 5.74) is 2.60. The fraction of sp³-hybridized carbons (Fsp3) is 0.435. The van der Waals surface area contributed by atoms with Gasteiger partial charge in [-0.2, -0.15) is 0 Å². The summed E-state index contributed by atoms with van der Waals surface area (Å²) in [6, 6.07) is 11.2. The number of anilines is 1. The number of nitro benzene ring substituents is 1. The molecule has 9 nitrogen and oxygen atoms in total. The molecule has 0 N–H and O–H groups in total. The zero-order valence-corrected chi connectivity index (χ0v) is 18.0. The van der Waals surface area contributed by atoms with Gasteiger partial charge in [-0.05, 0) is 37.6 Å². The number of aromatic nitrogens is 2. The second-order valence-corrected chi connectivity index (χ2v) is 8.20. The Hall–Kier alpha value is -3.33. The van der Waals surface area contributed by atoms with Gasteiger partial charge in [-0.15, -0.1) is 0 Å². The first-order valence-electron chi connectivity index (χ1n) is 11.1. The Kier molecular flexibility index (Phi) is 5.81. The first-order valence-corrected chi connectivity index (χ1v) is 11.1. The number of aryl methyl sites for hydroxylation is 1. The third kappa shape index (κ3) is 4.20. The molecule has 3 aromatic rings. The molecule has 0 radical (unpaired) electrons. The van der Waals surface area contributed by atoms with E-state index in [0.717, 1.165) is 63.6 Å². The smallest absolute Gasteiger partial charge is 0.295 e. The van der Waals surface area contributed by atoms with Crippen LogP contribution in [0.1, 0.15) is 12.8 Å². The summed E-state index contributed by atoms with van der Waals surface area (Å²) in [7, 11) is 0. The molecule has 2 aromatic carbocycles. The molecule has 2 aliphatic heterocycles. The zero-order chi connectivity index (χ0) is 21.9. The normalized spacial score (nSPS) is 16.4. The number of para-hydroxylation sites is 1. The molecule has 1 fully saturated rings. The van der Waals surface area contributed by atoms with Crippen LogP contribution in [0.4, 0.5) is 11.4 Å². The van der Waals surface area contributed by atoms with Gasteiger partial charge < -0.3 is 18.9 Å². The number of benzene rings is 2. The Morgan fingerprint density at radius 2 is 1.75 bits per heavy atom. The molecule has 0 saturated carbocycles. The molecule has 0 amide bonds. The van der Waals surface area contributed by atoms with Crippen LogP contribution in [0.15, 0.2) is 42.7 Å². The standard InChI is InChI=1S/C23H27N5O4/c29-28(30)20-5-3-4-19-23(20)27(17-24-19)9-2-1-8-25-10-12-26(13-11-25)18-6-7-21-22(16-18)32-15-14-31-21/h3-7,16-17H,1-2,8-15H2. The summed E-state index contributed by atoms with van der Waals surface area (Å²) >= 11 is 0. The van der Waals surface area contributed by atoms with Crippen LogP contribution in [0, 0.1) is 10.1 Å². The summed E-state index contributed by atoms with van der Waals surface area (Å²) in [6.07, 6.45) is 3.72. The number of imidazole rings is 1. The second kappa shape index (κ2) is 9.04. The molecule has 3 heterocycles. The zero-order valence-electron chi connectivity index (χ0n) is 18.0. The predicted molar refractivity (Wildman–Crippen MR) is 122 cm³/mol. The number of hydrogen-bond acceptors (Lipinski definition) is 7. The quantitative estimate of drug-likeness (QED) is 0.318. The van der Waals surface area contributed by atoms with Crippen LogP contribution in [0.3, 0.4) is 0 Å². The summed E-state index contributed by atoms with van der Waals surface area (Å²) in [5.74, 6) is 1.66. The summed E-state index contributed by atoms with van der Waals surface area (Å²) in [5, 5.41) is 11.3. The highest BCUT2D eigenvalue weighted by Crippen LogP contribution is 2.34. The van der Waals surface area contributed by atoms with Gasteiger partial charge in [-0.1, -0.05) is 6.07 Å². The lowest BCUT2D eigenvalue weighted by atomic mass is 10.2. The van der Waals surface area contributed by atoms with Crippen LogP contribution >= 0.6 is 0 Å². The summed E-state index contributed by atoms with van der Waals surface area (Å²) in [4.78, 5) is 20.2. The number of nitro groups is 1. The highest BCUT2D eigenvalue weighted by atomic mass is 16.6. The molecule has 5 rings (SSSR count). The van der Waals surface area contributed by atoms with Crippen molar-refractivity contribution in [3.8, 4) is 11.5 Å². The van der Waals surface area contributed by atoms with E-state index in [-0.39, 0.29) is 10.6 Å². The highest BCUT2D eigenvalue weighted by molar-refractivity contribution is 5.84. The molecule has 0 aliphatic carbocycles. The van der Waals surface area contributed by atoms with Crippen molar-refractivity contribution in [3.05, 3.63) is 52.8 Å². The third-order valence-electron chi connectivity index (χ3n) is 6.20. The molecule has 0 atom stereocenters. The molecule has 168 valence electrons. The van der Waals surface area contributed by atoms with Gasteiger partial charge >= 0.3 is 0 Å². The summed E-state index contributed by atoms with van der Waals surface area (Å²) < 4.78 is 13.2. The largest absolute Gasteiger partial charge is 0.486 e. The van der Waals surface area contributed by atoms with Crippen molar-refractivity contribution in [3.63, 3.8) is 0 Å². The Morgan fingerprint density at radius 3 is 2.56 bits per heavy atom. The van der Waals surface area contributed by atoms with E-state index in [4.69, 9.17) is 9.47 Å². The molecule has 1 aromatic heterocycles. The number of ether oxygens (including phenoxy) is 2. The lowest BCUT2D eigenvalue weighted by Crippen LogP contribution is -2.46. The minimum Gasteiger partial charge on any atom is -0.486 e. The first-order chi connectivity index (χ1) is 15.7. The minimum atomic E-state index is -0.332. The Labute approximate surface area is 186 Å². The highest BCUT2D eigenvalue weighted by Gasteiger charge is 2.20. The maximum atomic E-state index is 11.3. The van der Waals surface area contributed by atoms with Crippen LogP contribution < -0.4 is 14.4 Å². The van der Waals surface area contributed by atoms with Crippen LogP contribution in [-0.2, 0) is 6.54 Å². The Bertz CT molecular complexity index is 1110. The van der Waals surface area contributed by atoms with Crippen LogP contribution in [0.25, 0.3) is 11.0 Å². The Balaban J connectivity index is 1.10. The number of unbranched alkanes of at least 4 members (excludes halogenated alkanes) is 1. The molecule has 0 unspecified atom stereocenters. The van der Waals surface area contributed by atoms with E-state index in [1.165, 1.54) is 5.69 Å². The van der Waals surface area contributed by atoms with Gasteiger partial charge in [0.1, 0.15) is 18.7 Å². The monoisotopic (exact) mass is 437 g/mol. The van der Waals surface area contributed by atoms with Crippen molar-refractivity contribution in [2.75, 3.05) is 50.8 Å². The molecule has 0 bridgehead atoms. The lowest BCUT2D eigenvalue weighted by molar-refractivity contribution is -0.383. The SMILES string of the molecule is O=[N+]([O-])c1cccc2ncn(CCCCN3CCN(c4ccc5c(c4)OCCO5)CC3)c12. The van der Waals surface area contributed by atoms with E-state index in [1.807, 2.05) is 16.7 Å². The van der Waals surface area contributed by atoms with Crippen LogP contribution in [0.5, 0.6) is 11.5 Å². The molecular weight excluding hydrogens is 410 g/mol. The van der Waals surface area contributed by atoms with Gasteiger partial charge in [0.15, 0.2) is 11.5 Å². The fourth-order valence-electron chi connectivity index (χ4n) is 4.50. The van der Waals surface area contributed by atoms with Crippen LogP contribution in [-0.4, -0.2) is 65.3 Å². The van der Waals surface area contributed by atoms with Gasteiger partial charge in [-0.25, -0.2) is 4.98 Å². The third-order valence-corrected chi connectivity index (χ3v) is 6.20. The number of piperazine rings is 1. The van der Waals surface area contributed by atoms with Crippen molar-refractivity contribution in [1.82, 2.24) is 14.5 Å². The van der Waals surface area contributed by atoms with Gasteiger partial charge in [-0.3, -0.25) is 15.0 Å². The minimum absolute atomic E-state index is 0.121. The van der Waals surface area contributed by atoms with Crippen molar-refractivity contribution in [2.45, 2.75) is 19.4 Å². The number of nitrogens with zero attached hydrogens (tertiary/aromatic N) is 5. The van der Waals surface area contributed by atoms with Crippen molar-refractivity contribution in [1.29, 1.82) is 0 Å². The second-order valence-electron chi connectivity index (χ2n) is 8.20. The van der Waals surface area contributed by atoms with Gasteiger partial charge in [0.05, 0.1) is 16.8 Å². The van der Waals surface area contributed by atoms with Crippen molar-refractivity contribution < 1.29 is 14.4 Å². The van der Waals surface area contributed by atoms with E-state index in [2.05, 4.69) is 26.9 Å². The van der Waals surface area contributed by atoms with Crippen molar-refractivity contribution >= 4 is 22.4 Å². The lowest BCUT2D eigenvalue weighted by Gasteiger charge is -2.36. The van der Waals surface area contributed by atoms with E-state index in [0.29, 0.717) is 24.2 Å². The first kappa shape index (κ1) is 20.6. The van der Waals surface area contributed by atoms with Crippen molar-refractivity contribution in [2.24, 2.45) is 0 Å².